The minimum Gasteiger partial charge on any atom is -0.495 e. The van der Waals surface area contributed by atoms with Crippen molar-refractivity contribution in [2.24, 2.45) is 0 Å². The third-order valence-corrected chi connectivity index (χ3v) is 3.54. The maximum atomic E-state index is 6.04. The maximum absolute atomic E-state index is 6.04. The Labute approximate surface area is 108 Å². The summed E-state index contributed by atoms with van der Waals surface area (Å²) in [6, 6.07) is 6.95. The fraction of sp³-hybridized carbons (Fsp3) is 0.538. The van der Waals surface area contributed by atoms with Crippen LogP contribution in [0.15, 0.2) is 18.2 Å². The van der Waals surface area contributed by atoms with Crippen LogP contribution >= 0.6 is 11.6 Å². The highest BCUT2D eigenvalue weighted by Gasteiger charge is 2.23. The van der Waals surface area contributed by atoms with Gasteiger partial charge in [0.15, 0.2) is 0 Å². The number of piperazine rings is 1. The fourth-order valence-corrected chi connectivity index (χ4v) is 2.40. The van der Waals surface area contributed by atoms with Crippen molar-refractivity contribution in [1.82, 2.24) is 5.32 Å². The molecule has 2 atom stereocenters. The van der Waals surface area contributed by atoms with E-state index in [1.807, 2.05) is 12.1 Å². The predicted molar refractivity (Wildman–Crippen MR) is 72.3 cm³/mol. The molecule has 4 heteroatoms. The Morgan fingerprint density at radius 1 is 1.41 bits per heavy atom. The predicted octanol–water partition coefficient (Wildman–Crippen LogP) is 2.54. The third-order valence-electron chi connectivity index (χ3n) is 3.23. The topological polar surface area (TPSA) is 24.5 Å². The number of halogens is 1. The molecular formula is C13H19ClN2O. The van der Waals surface area contributed by atoms with Crippen molar-refractivity contribution in [3.63, 3.8) is 0 Å². The van der Waals surface area contributed by atoms with E-state index in [1.54, 1.807) is 7.11 Å². The van der Waals surface area contributed by atoms with Gasteiger partial charge >= 0.3 is 0 Å². The van der Waals surface area contributed by atoms with E-state index >= 15 is 0 Å². The van der Waals surface area contributed by atoms with E-state index in [0.717, 1.165) is 18.8 Å². The first-order valence-electron chi connectivity index (χ1n) is 5.95. The normalized spacial score (nSPS) is 24.8. The molecule has 3 nitrogen and oxygen atoms in total. The molecule has 0 unspecified atom stereocenters. The van der Waals surface area contributed by atoms with Gasteiger partial charge in [0.1, 0.15) is 5.75 Å². The van der Waals surface area contributed by atoms with Crippen molar-refractivity contribution in [2.75, 3.05) is 25.1 Å². The Kier molecular flexibility index (Phi) is 3.79. The van der Waals surface area contributed by atoms with Crippen LogP contribution in [0.4, 0.5) is 5.69 Å². The molecule has 1 saturated heterocycles. The first-order chi connectivity index (χ1) is 8.11. The van der Waals surface area contributed by atoms with Crippen molar-refractivity contribution >= 4 is 17.3 Å². The number of benzene rings is 1. The molecule has 17 heavy (non-hydrogen) atoms. The van der Waals surface area contributed by atoms with Gasteiger partial charge in [-0.2, -0.15) is 0 Å². The van der Waals surface area contributed by atoms with Gasteiger partial charge in [-0.25, -0.2) is 0 Å². The largest absolute Gasteiger partial charge is 0.495 e. The Morgan fingerprint density at radius 3 is 2.88 bits per heavy atom. The van der Waals surface area contributed by atoms with E-state index in [2.05, 4.69) is 30.1 Å². The lowest BCUT2D eigenvalue weighted by molar-refractivity contribution is 0.411. The van der Waals surface area contributed by atoms with Crippen LogP contribution in [0.3, 0.4) is 0 Å². The lowest BCUT2D eigenvalue weighted by Gasteiger charge is -2.39. The van der Waals surface area contributed by atoms with E-state index in [1.165, 1.54) is 5.69 Å². The van der Waals surface area contributed by atoms with Gasteiger partial charge in [-0.05, 0) is 26.0 Å². The van der Waals surface area contributed by atoms with Crippen LogP contribution in [0.2, 0.25) is 5.02 Å². The molecule has 1 N–H and O–H groups in total. The summed E-state index contributed by atoms with van der Waals surface area (Å²) >= 11 is 6.04. The van der Waals surface area contributed by atoms with Crippen molar-refractivity contribution in [3.8, 4) is 5.75 Å². The third kappa shape index (κ3) is 2.67. The highest BCUT2D eigenvalue weighted by atomic mass is 35.5. The zero-order valence-electron chi connectivity index (χ0n) is 10.5. The molecule has 0 radical (unpaired) electrons. The van der Waals surface area contributed by atoms with Gasteiger partial charge in [0.25, 0.3) is 0 Å². The highest BCUT2D eigenvalue weighted by molar-refractivity contribution is 6.32. The number of hydrogen-bond acceptors (Lipinski definition) is 3. The lowest BCUT2D eigenvalue weighted by atomic mass is 10.1. The average Bonchev–Trinajstić information content (AvgIpc) is 2.33. The summed E-state index contributed by atoms with van der Waals surface area (Å²) in [5, 5.41) is 4.13. The molecule has 1 aliphatic heterocycles. The van der Waals surface area contributed by atoms with Gasteiger partial charge in [0.2, 0.25) is 0 Å². The van der Waals surface area contributed by atoms with Crippen LogP contribution in [0, 0.1) is 0 Å². The molecule has 1 heterocycles. The lowest BCUT2D eigenvalue weighted by Crippen LogP contribution is -2.54. The summed E-state index contributed by atoms with van der Waals surface area (Å²) in [7, 11) is 1.65. The molecular weight excluding hydrogens is 236 g/mol. The van der Waals surface area contributed by atoms with Crippen LogP contribution in [-0.2, 0) is 0 Å². The van der Waals surface area contributed by atoms with Crippen LogP contribution in [-0.4, -0.2) is 32.3 Å². The number of hydrogen-bond donors (Lipinski definition) is 1. The van der Waals surface area contributed by atoms with Crippen molar-refractivity contribution in [3.05, 3.63) is 23.2 Å². The second-order valence-corrected chi connectivity index (χ2v) is 5.04. The fourth-order valence-electron chi connectivity index (χ4n) is 2.21. The number of nitrogens with zero attached hydrogens (tertiary/aromatic N) is 1. The number of rotatable bonds is 2. The number of anilines is 1. The van der Waals surface area contributed by atoms with Gasteiger partial charge < -0.3 is 15.0 Å². The Balaban J connectivity index is 2.26. The van der Waals surface area contributed by atoms with E-state index < -0.39 is 0 Å². The van der Waals surface area contributed by atoms with Gasteiger partial charge in [-0.15, -0.1) is 0 Å². The van der Waals surface area contributed by atoms with Gasteiger partial charge in [-0.3, -0.25) is 0 Å². The van der Waals surface area contributed by atoms with E-state index in [0.29, 0.717) is 17.1 Å². The zero-order valence-corrected chi connectivity index (χ0v) is 11.3. The van der Waals surface area contributed by atoms with E-state index in [-0.39, 0.29) is 0 Å². The van der Waals surface area contributed by atoms with Crippen molar-refractivity contribution in [2.45, 2.75) is 25.9 Å². The summed E-state index contributed by atoms with van der Waals surface area (Å²) in [6.07, 6.45) is 0. The van der Waals surface area contributed by atoms with Crippen molar-refractivity contribution < 1.29 is 4.74 Å². The standard InChI is InChI=1S/C13H19ClN2O/c1-9-8-16(10(2)7-15-9)11-4-5-12(14)13(6-11)17-3/h4-6,9-10,15H,7-8H2,1-3H3/t9-,10+/m0/s1. The number of methoxy groups -OCH3 is 1. The SMILES string of the molecule is COc1cc(N2C[C@H](C)NC[C@H]2C)ccc1Cl. The minimum absolute atomic E-state index is 0.483. The van der Waals surface area contributed by atoms with Crippen molar-refractivity contribution in [1.29, 1.82) is 0 Å². The summed E-state index contributed by atoms with van der Waals surface area (Å²) in [4.78, 5) is 2.39. The quantitative estimate of drug-likeness (QED) is 0.878. The first kappa shape index (κ1) is 12.5. The zero-order chi connectivity index (χ0) is 12.4. The minimum atomic E-state index is 0.483. The highest BCUT2D eigenvalue weighted by Crippen LogP contribution is 2.30. The van der Waals surface area contributed by atoms with E-state index in [4.69, 9.17) is 16.3 Å². The molecule has 1 aromatic carbocycles. The van der Waals surface area contributed by atoms with Crippen LogP contribution in [0.25, 0.3) is 0 Å². The maximum Gasteiger partial charge on any atom is 0.139 e. The first-order valence-corrected chi connectivity index (χ1v) is 6.33. The summed E-state index contributed by atoms with van der Waals surface area (Å²) in [5.41, 5.74) is 1.17. The Hall–Kier alpha value is -0.930. The molecule has 0 aliphatic carbocycles. The molecule has 0 spiro atoms. The second kappa shape index (κ2) is 5.15. The number of nitrogens with one attached hydrogen (secondary N) is 1. The molecule has 1 aliphatic rings. The van der Waals surface area contributed by atoms with Crippen LogP contribution in [0.1, 0.15) is 13.8 Å². The van der Waals surface area contributed by atoms with Gasteiger partial charge in [0, 0.05) is 36.9 Å². The summed E-state index contributed by atoms with van der Waals surface area (Å²) in [5.74, 6) is 0.738. The summed E-state index contributed by atoms with van der Waals surface area (Å²) in [6.45, 7) is 6.43. The molecule has 1 aromatic rings. The number of ether oxygens (including phenoxy) is 1. The average molecular weight is 255 g/mol. The molecule has 0 aromatic heterocycles. The Bertz CT molecular complexity index is 397. The smallest absolute Gasteiger partial charge is 0.139 e. The Morgan fingerprint density at radius 2 is 2.18 bits per heavy atom. The molecule has 94 valence electrons. The molecule has 2 rings (SSSR count). The molecule has 0 amide bonds. The van der Waals surface area contributed by atoms with Gasteiger partial charge in [-0.1, -0.05) is 11.6 Å². The molecule has 1 fully saturated rings. The van der Waals surface area contributed by atoms with Crippen LogP contribution in [0.5, 0.6) is 5.75 Å². The molecule has 0 bridgehead atoms. The summed E-state index contributed by atoms with van der Waals surface area (Å²) < 4.78 is 5.26. The monoisotopic (exact) mass is 254 g/mol. The molecule has 0 saturated carbocycles. The van der Waals surface area contributed by atoms with E-state index in [9.17, 15) is 0 Å². The van der Waals surface area contributed by atoms with Crippen LogP contribution < -0.4 is 15.0 Å². The second-order valence-electron chi connectivity index (χ2n) is 4.63. The van der Waals surface area contributed by atoms with Gasteiger partial charge in [0.05, 0.1) is 12.1 Å².